The molecule has 268 valence electrons. The summed E-state index contributed by atoms with van der Waals surface area (Å²) in [5.74, 6) is 0.319. The van der Waals surface area contributed by atoms with Gasteiger partial charge in [0.25, 0.3) is 0 Å². The number of hydrogen-bond acceptors (Lipinski definition) is 4. The lowest BCUT2D eigenvalue weighted by atomic mass is 9.79. The Labute approximate surface area is 319 Å². The van der Waals surface area contributed by atoms with E-state index in [9.17, 15) is 5.11 Å². The number of thiazole rings is 1. The topological polar surface area (TPSA) is 46.0 Å². The predicted molar refractivity (Wildman–Crippen MR) is 226 cm³/mol. The third-order valence-electron chi connectivity index (χ3n) is 10.1. The second-order valence-electron chi connectivity index (χ2n) is 17.4. The van der Waals surface area contributed by atoms with Crippen LogP contribution in [0.2, 0.25) is 0 Å². The van der Waals surface area contributed by atoms with E-state index in [1.54, 1.807) is 11.3 Å². The first-order chi connectivity index (χ1) is 25.0. The van der Waals surface area contributed by atoms with Crippen LogP contribution in [0.5, 0.6) is 5.75 Å². The Morgan fingerprint density at radius 1 is 0.547 bits per heavy atom. The zero-order valence-electron chi connectivity index (χ0n) is 32.5. The van der Waals surface area contributed by atoms with Crippen molar-refractivity contribution in [3.63, 3.8) is 0 Å². The van der Waals surface area contributed by atoms with Crippen molar-refractivity contribution in [2.75, 3.05) is 0 Å². The van der Waals surface area contributed by atoms with E-state index in [4.69, 9.17) is 9.97 Å². The second-order valence-corrected chi connectivity index (χ2v) is 18.5. The molecule has 0 aliphatic heterocycles. The second kappa shape index (κ2) is 13.7. The Kier molecular flexibility index (Phi) is 9.41. The highest BCUT2D eigenvalue weighted by molar-refractivity contribution is 7.21. The van der Waals surface area contributed by atoms with Crippen LogP contribution in [0.15, 0.2) is 121 Å². The number of para-hydroxylation sites is 1. The molecule has 53 heavy (non-hydrogen) atoms. The fraction of sp³-hybridized carbons (Fsp3) is 0.265. The minimum Gasteiger partial charge on any atom is -0.507 e. The zero-order chi connectivity index (χ0) is 37.7. The molecular weight excluding hydrogens is 665 g/mol. The Morgan fingerprint density at radius 2 is 1.21 bits per heavy atom. The van der Waals surface area contributed by atoms with E-state index in [2.05, 4.69) is 178 Å². The molecule has 2 aromatic heterocycles. The smallest absolute Gasteiger partial charge is 0.129 e. The van der Waals surface area contributed by atoms with Gasteiger partial charge in [0, 0.05) is 22.9 Å². The lowest BCUT2D eigenvalue weighted by molar-refractivity contribution is 0.446. The molecule has 0 fully saturated rings. The van der Waals surface area contributed by atoms with Crippen LogP contribution < -0.4 is 0 Å². The number of phenols is 1. The molecule has 0 amide bonds. The van der Waals surface area contributed by atoms with Crippen molar-refractivity contribution < 1.29 is 5.11 Å². The van der Waals surface area contributed by atoms with Gasteiger partial charge >= 0.3 is 0 Å². The van der Waals surface area contributed by atoms with Crippen molar-refractivity contribution in [2.24, 2.45) is 0 Å². The molecule has 0 radical (unpaired) electrons. The highest BCUT2D eigenvalue weighted by Crippen LogP contribution is 2.45. The van der Waals surface area contributed by atoms with Crippen LogP contribution in [0, 0.1) is 0 Å². The van der Waals surface area contributed by atoms with Crippen LogP contribution in [0.1, 0.15) is 90.1 Å². The molecule has 0 bridgehead atoms. The number of pyridine rings is 1. The summed E-state index contributed by atoms with van der Waals surface area (Å²) in [6, 6.07) is 41.4. The molecule has 1 N–H and O–H groups in total. The third kappa shape index (κ3) is 7.70. The van der Waals surface area contributed by atoms with Crippen molar-refractivity contribution in [1.82, 2.24) is 9.97 Å². The molecule has 2 heterocycles. The standard InChI is InChI=1S/C49H50N2OS/c1-47(2,3)37-26-35(25-36(27-37)42-28-34(22-23-50-42)33-20-18-32(19-21-33)24-31-14-11-10-12-15-31)39-16-13-17-43-44(39)51-46(53-43)40-29-38(48(4,5)6)30-41(45(40)52)49(7,8)9/h10-23,25-30,52H,24H2,1-9H3. The number of benzene rings is 5. The largest absolute Gasteiger partial charge is 0.507 e. The number of aromatic nitrogens is 2. The fourth-order valence-electron chi connectivity index (χ4n) is 6.88. The summed E-state index contributed by atoms with van der Waals surface area (Å²) in [6.45, 7) is 19.9. The average Bonchev–Trinajstić information content (AvgIpc) is 3.55. The maximum absolute atomic E-state index is 11.7. The van der Waals surface area contributed by atoms with E-state index in [1.807, 2.05) is 6.20 Å². The number of hydrogen-bond donors (Lipinski definition) is 1. The number of fused-ring (bicyclic) bond motifs is 1. The van der Waals surface area contributed by atoms with Gasteiger partial charge in [-0.3, -0.25) is 4.98 Å². The first-order valence-corrected chi connectivity index (χ1v) is 19.4. The van der Waals surface area contributed by atoms with Crippen LogP contribution in [0.25, 0.3) is 54.3 Å². The zero-order valence-corrected chi connectivity index (χ0v) is 33.3. The van der Waals surface area contributed by atoms with E-state index in [1.165, 1.54) is 27.8 Å². The van der Waals surface area contributed by atoms with Crippen molar-refractivity contribution >= 4 is 21.6 Å². The van der Waals surface area contributed by atoms with Gasteiger partial charge in [-0.25, -0.2) is 4.98 Å². The molecule has 7 rings (SSSR count). The maximum atomic E-state index is 11.7. The van der Waals surface area contributed by atoms with Crippen molar-refractivity contribution in [3.05, 3.63) is 149 Å². The Morgan fingerprint density at radius 3 is 1.89 bits per heavy atom. The molecular formula is C49H50N2OS. The number of aromatic hydroxyl groups is 1. The van der Waals surface area contributed by atoms with Gasteiger partial charge in [0.05, 0.1) is 21.5 Å². The van der Waals surface area contributed by atoms with Crippen LogP contribution in [0.3, 0.4) is 0 Å². The number of rotatable bonds is 6. The third-order valence-corrected chi connectivity index (χ3v) is 11.2. The molecule has 5 aromatic carbocycles. The van der Waals surface area contributed by atoms with Gasteiger partial charge in [-0.15, -0.1) is 11.3 Å². The van der Waals surface area contributed by atoms with Crippen LogP contribution >= 0.6 is 11.3 Å². The molecule has 0 spiro atoms. The van der Waals surface area contributed by atoms with Crippen molar-refractivity contribution in [3.8, 4) is 49.8 Å². The van der Waals surface area contributed by atoms with Gasteiger partial charge in [0.2, 0.25) is 0 Å². The lowest BCUT2D eigenvalue weighted by Gasteiger charge is -2.27. The molecule has 0 atom stereocenters. The number of nitrogens with zero attached hydrogens (tertiary/aromatic N) is 2. The summed E-state index contributed by atoms with van der Waals surface area (Å²) in [5.41, 5.74) is 13.8. The maximum Gasteiger partial charge on any atom is 0.129 e. The van der Waals surface area contributed by atoms with Gasteiger partial charge in [0.1, 0.15) is 10.8 Å². The molecule has 0 saturated heterocycles. The summed E-state index contributed by atoms with van der Waals surface area (Å²) in [6.07, 6.45) is 2.84. The molecule has 0 aliphatic rings. The van der Waals surface area contributed by atoms with E-state index >= 15 is 0 Å². The average molecular weight is 715 g/mol. The summed E-state index contributed by atoms with van der Waals surface area (Å²) in [7, 11) is 0. The SMILES string of the molecule is CC(C)(C)c1cc(-c2cc(-c3ccc(Cc4ccccc4)cc3)ccn2)cc(-c2cccc3sc(-c4cc(C(C)(C)C)cc(C(C)(C)C)c4O)nc23)c1. The normalized spacial score (nSPS) is 12.4. The highest BCUT2D eigenvalue weighted by Gasteiger charge is 2.27. The van der Waals surface area contributed by atoms with E-state index in [-0.39, 0.29) is 16.2 Å². The van der Waals surface area contributed by atoms with E-state index < -0.39 is 0 Å². The minimum absolute atomic E-state index is 0.0781. The van der Waals surface area contributed by atoms with E-state index in [0.29, 0.717) is 5.75 Å². The molecule has 0 saturated carbocycles. The first-order valence-electron chi connectivity index (χ1n) is 18.6. The highest BCUT2D eigenvalue weighted by atomic mass is 32.1. The molecule has 7 aromatic rings. The molecule has 0 unspecified atom stereocenters. The van der Waals surface area contributed by atoms with Gasteiger partial charge in [0.15, 0.2) is 0 Å². The molecule has 3 nitrogen and oxygen atoms in total. The summed E-state index contributed by atoms with van der Waals surface area (Å²) < 4.78 is 1.09. The Bertz CT molecular complexity index is 2420. The summed E-state index contributed by atoms with van der Waals surface area (Å²) >= 11 is 1.64. The van der Waals surface area contributed by atoms with Crippen molar-refractivity contribution in [1.29, 1.82) is 0 Å². The monoisotopic (exact) mass is 714 g/mol. The number of phenolic OH excluding ortho intramolecular Hbond substituents is 1. The van der Waals surface area contributed by atoms with Gasteiger partial charge in [-0.1, -0.05) is 141 Å². The lowest BCUT2D eigenvalue weighted by Crippen LogP contribution is -2.17. The van der Waals surface area contributed by atoms with Crippen molar-refractivity contribution in [2.45, 2.75) is 85.0 Å². The summed E-state index contributed by atoms with van der Waals surface area (Å²) in [4.78, 5) is 10.2. The van der Waals surface area contributed by atoms with Gasteiger partial charge < -0.3 is 5.11 Å². The van der Waals surface area contributed by atoms with E-state index in [0.717, 1.165) is 60.7 Å². The predicted octanol–water partition coefficient (Wildman–Crippen LogP) is 13.5. The van der Waals surface area contributed by atoms with Crippen LogP contribution in [0.4, 0.5) is 0 Å². The summed E-state index contributed by atoms with van der Waals surface area (Å²) in [5, 5.41) is 12.5. The Balaban J connectivity index is 1.30. The fourth-order valence-corrected chi connectivity index (χ4v) is 7.89. The van der Waals surface area contributed by atoms with Crippen LogP contribution in [-0.2, 0) is 22.7 Å². The van der Waals surface area contributed by atoms with Gasteiger partial charge in [-0.2, -0.15) is 0 Å². The molecule has 4 heteroatoms. The van der Waals surface area contributed by atoms with Crippen LogP contribution in [-0.4, -0.2) is 15.1 Å². The Hall–Kier alpha value is -5.06. The minimum atomic E-state index is -0.219. The first kappa shape index (κ1) is 36.3. The van der Waals surface area contributed by atoms with Gasteiger partial charge in [-0.05, 0) is 98.0 Å². The molecule has 0 aliphatic carbocycles. The quantitative estimate of drug-likeness (QED) is 0.187.